The molecule has 0 amide bonds. The minimum Gasteiger partial charge on any atom is -0.345 e. The first kappa shape index (κ1) is 27.8. The number of aryl methyl sites for hydroxylation is 1. The van der Waals surface area contributed by atoms with E-state index in [0.717, 1.165) is 33.9 Å². The van der Waals surface area contributed by atoms with E-state index in [1.807, 2.05) is 0 Å². The number of benzene rings is 2. The van der Waals surface area contributed by atoms with E-state index in [9.17, 15) is 8.42 Å². The average Bonchev–Trinajstić information content (AvgIpc) is 3.38. The maximum atomic E-state index is 14.1. The van der Waals surface area contributed by atoms with Crippen molar-refractivity contribution >= 4 is 26.5 Å². The van der Waals surface area contributed by atoms with Crippen molar-refractivity contribution in [2.75, 3.05) is 31.1 Å². The molecule has 4 rings (SSSR count). The molecule has 0 unspecified atom stereocenters. The number of hydrogen-bond donors (Lipinski definition) is 0. The molecule has 37 heavy (non-hydrogen) atoms. The predicted molar refractivity (Wildman–Crippen MR) is 157 cm³/mol. The van der Waals surface area contributed by atoms with Gasteiger partial charge < -0.3 is 4.90 Å². The lowest BCUT2D eigenvalue weighted by atomic mass is 9.89. The highest BCUT2D eigenvalue weighted by Crippen LogP contribution is 2.37. The van der Waals surface area contributed by atoms with Crippen LogP contribution in [0.15, 0.2) is 46.7 Å². The van der Waals surface area contributed by atoms with E-state index in [2.05, 4.69) is 95.1 Å². The Hall–Kier alpha value is -2.22. The van der Waals surface area contributed by atoms with Crippen LogP contribution in [0, 0.1) is 0 Å². The molecule has 0 atom stereocenters. The van der Waals surface area contributed by atoms with E-state index in [1.54, 1.807) is 15.6 Å². The summed E-state index contributed by atoms with van der Waals surface area (Å²) < 4.78 is 29.9. The van der Waals surface area contributed by atoms with Crippen LogP contribution >= 0.6 is 11.3 Å². The van der Waals surface area contributed by atoms with Crippen molar-refractivity contribution < 1.29 is 8.42 Å². The molecule has 1 fully saturated rings. The van der Waals surface area contributed by atoms with Gasteiger partial charge in [-0.2, -0.15) is 4.31 Å². The molecule has 3 aromatic rings. The quantitative estimate of drug-likeness (QED) is 0.302. The zero-order valence-corrected chi connectivity index (χ0v) is 24.9. The largest absolute Gasteiger partial charge is 0.345 e. The van der Waals surface area contributed by atoms with E-state index in [1.165, 1.54) is 11.1 Å². The van der Waals surface area contributed by atoms with Gasteiger partial charge in [0.05, 0.1) is 10.6 Å². The van der Waals surface area contributed by atoms with Crippen LogP contribution in [0.4, 0.5) is 5.13 Å². The molecule has 7 heteroatoms. The molecule has 1 aliphatic rings. The summed E-state index contributed by atoms with van der Waals surface area (Å²) >= 11 is 1.63. The summed E-state index contributed by atoms with van der Waals surface area (Å²) in [4.78, 5) is 7.63. The molecule has 0 spiro atoms. The van der Waals surface area contributed by atoms with Crippen molar-refractivity contribution in [2.24, 2.45) is 0 Å². The molecule has 2 heterocycles. The third-order valence-electron chi connectivity index (χ3n) is 7.34. The molecular weight excluding hydrogens is 498 g/mol. The molecule has 5 nitrogen and oxygen atoms in total. The summed E-state index contributed by atoms with van der Waals surface area (Å²) in [5.41, 5.74) is 6.50. The van der Waals surface area contributed by atoms with Gasteiger partial charge >= 0.3 is 0 Å². The monoisotopic (exact) mass is 539 g/mol. The molecule has 2 aromatic carbocycles. The second kappa shape index (κ2) is 11.3. The lowest BCUT2D eigenvalue weighted by Gasteiger charge is -2.35. The van der Waals surface area contributed by atoms with E-state index < -0.39 is 10.0 Å². The van der Waals surface area contributed by atoms with Gasteiger partial charge in [0.25, 0.3) is 0 Å². The third-order valence-corrected chi connectivity index (χ3v) is 10.3. The van der Waals surface area contributed by atoms with Crippen molar-refractivity contribution in [3.8, 4) is 11.3 Å². The number of hydrogen-bond acceptors (Lipinski definition) is 5. The van der Waals surface area contributed by atoms with Crippen LogP contribution in [0.25, 0.3) is 11.3 Å². The standard InChI is InChI=1S/C30H41N3O2S2/c1-8-23-9-11-24(12-10-23)28-19-36-30(31-28)32-13-15-33(16-14-32)37(34,35)29-26(21(4)5)17-25(20(2)3)18-27(29)22(6)7/h9-12,17-22H,8,13-16H2,1-7H3. The zero-order valence-electron chi connectivity index (χ0n) is 23.3. The molecule has 0 saturated carbocycles. The summed E-state index contributed by atoms with van der Waals surface area (Å²) in [6, 6.07) is 12.8. The van der Waals surface area contributed by atoms with E-state index in [-0.39, 0.29) is 11.8 Å². The summed E-state index contributed by atoms with van der Waals surface area (Å²) in [6.07, 6.45) is 1.02. The van der Waals surface area contributed by atoms with Crippen molar-refractivity contribution in [2.45, 2.75) is 77.5 Å². The van der Waals surface area contributed by atoms with Crippen LogP contribution in [0.2, 0.25) is 0 Å². The molecule has 0 N–H and O–H groups in total. The Bertz CT molecular complexity index is 1290. The van der Waals surface area contributed by atoms with Crippen molar-refractivity contribution in [1.82, 2.24) is 9.29 Å². The highest BCUT2D eigenvalue weighted by atomic mass is 32.2. The molecule has 0 bridgehead atoms. The Labute approximate surface area is 227 Å². The molecule has 200 valence electrons. The number of piperazine rings is 1. The Morgan fingerprint density at radius 3 is 1.92 bits per heavy atom. The van der Waals surface area contributed by atoms with Gasteiger partial charge in [0.2, 0.25) is 10.0 Å². The highest BCUT2D eigenvalue weighted by Gasteiger charge is 2.34. The summed E-state index contributed by atoms with van der Waals surface area (Å²) in [5.74, 6) is 0.604. The number of aromatic nitrogens is 1. The van der Waals surface area contributed by atoms with Crippen LogP contribution in [-0.2, 0) is 16.4 Å². The van der Waals surface area contributed by atoms with Gasteiger partial charge in [0, 0.05) is 37.1 Å². The van der Waals surface area contributed by atoms with Crippen molar-refractivity contribution in [1.29, 1.82) is 0 Å². The fraction of sp³-hybridized carbons (Fsp3) is 0.500. The molecule has 1 aromatic heterocycles. The lowest BCUT2D eigenvalue weighted by molar-refractivity contribution is 0.383. The Kier molecular flexibility index (Phi) is 8.46. The summed E-state index contributed by atoms with van der Waals surface area (Å²) in [7, 11) is -3.62. The Balaban J connectivity index is 1.56. The van der Waals surface area contributed by atoms with Crippen LogP contribution in [-0.4, -0.2) is 43.9 Å². The minimum absolute atomic E-state index is 0.127. The first-order chi connectivity index (χ1) is 17.5. The van der Waals surface area contributed by atoms with Crippen molar-refractivity contribution in [3.05, 3.63) is 64.0 Å². The van der Waals surface area contributed by atoms with Crippen LogP contribution in [0.5, 0.6) is 0 Å². The number of nitrogens with zero attached hydrogens (tertiary/aromatic N) is 3. The third kappa shape index (κ3) is 5.79. The predicted octanol–water partition coefficient (Wildman–Crippen LogP) is 7.25. The van der Waals surface area contributed by atoms with Gasteiger partial charge in [0.1, 0.15) is 0 Å². The fourth-order valence-electron chi connectivity index (χ4n) is 4.89. The number of sulfonamides is 1. The van der Waals surface area contributed by atoms with E-state index >= 15 is 0 Å². The van der Waals surface area contributed by atoms with Crippen LogP contribution in [0.1, 0.15) is 88.5 Å². The van der Waals surface area contributed by atoms with Gasteiger partial charge in [-0.15, -0.1) is 11.3 Å². The average molecular weight is 540 g/mol. The number of anilines is 1. The molecule has 0 radical (unpaired) electrons. The van der Waals surface area contributed by atoms with Gasteiger partial charge in [-0.25, -0.2) is 13.4 Å². The summed E-state index contributed by atoms with van der Waals surface area (Å²) in [6.45, 7) is 17.1. The molecule has 1 saturated heterocycles. The Morgan fingerprint density at radius 1 is 0.865 bits per heavy atom. The number of thiazole rings is 1. The SMILES string of the molecule is CCc1ccc(-c2csc(N3CCN(S(=O)(=O)c4c(C(C)C)cc(C(C)C)cc4C(C)C)CC3)n2)cc1. The summed E-state index contributed by atoms with van der Waals surface area (Å²) in [5, 5.41) is 3.05. The lowest BCUT2D eigenvalue weighted by Crippen LogP contribution is -2.49. The van der Waals surface area contributed by atoms with Gasteiger partial charge in [-0.3, -0.25) is 0 Å². The van der Waals surface area contributed by atoms with Gasteiger partial charge in [-0.05, 0) is 46.4 Å². The fourth-order valence-corrected chi connectivity index (χ4v) is 7.87. The maximum Gasteiger partial charge on any atom is 0.243 e. The molecule has 1 aliphatic heterocycles. The molecular formula is C30H41N3O2S2. The normalized spacial score (nSPS) is 15.4. The second-order valence-corrected chi connectivity index (χ2v) is 13.7. The van der Waals surface area contributed by atoms with Gasteiger partial charge in [-0.1, -0.05) is 84.9 Å². The van der Waals surface area contributed by atoms with E-state index in [0.29, 0.717) is 37.0 Å². The smallest absolute Gasteiger partial charge is 0.243 e. The van der Waals surface area contributed by atoms with E-state index in [4.69, 9.17) is 4.98 Å². The molecule has 0 aliphatic carbocycles. The topological polar surface area (TPSA) is 53.5 Å². The zero-order chi connectivity index (χ0) is 26.9. The first-order valence-corrected chi connectivity index (χ1v) is 15.8. The van der Waals surface area contributed by atoms with Crippen LogP contribution < -0.4 is 4.90 Å². The number of rotatable bonds is 8. The second-order valence-electron chi connectivity index (χ2n) is 10.9. The van der Waals surface area contributed by atoms with Crippen LogP contribution in [0.3, 0.4) is 0 Å². The minimum atomic E-state index is -3.62. The van der Waals surface area contributed by atoms with Gasteiger partial charge in [0.15, 0.2) is 5.13 Å². The maximum absolute atomic E-state index is 14.1. The van der Waals surface area contributed by atoms with Crippen molar-refractivity contribution in [3.63, 3.8) is 0 Å². The highest BCUT2D eigenvalue weighted by molar-refractivity contribution is 7.89. The first-order valence-electron chi connectivity index (χ1n) is 13.5. The Morgan fingerprint density at radius 2 is 1.43 bits per heavy atom.